The maximum atomic E-state index is 11.3. The van der Waals surface area contributed by atoms with Crippen LogP contribution in [0, 0.1) is 5.92 Å². The van der Waals surface area contributed by atoms with E-state index in [2.05, 4.69) is 5.32 Å². The summed E-state index contributed by atoms with van der Waals surface area (Å²) in [6.45, 7) is 6.08. The lowest BCUT2D eigenvalue weighted by Crippen LogP contribution is -2.53. The molecule has 1 fully saturated rings. The van der Waals surface area contributed by atoms with Crippen LogP contribution in [-0.4, -0.2) is 44.4 Å². The molecule has 0 aromatic carbocycles. The standard InChI is InChI=1S/C12H24N2O3/c1-9(6-12(2,14-3)11(13)15)17-8-10-4-5-16-7-10/h9-10,14H,4-8H2,1-3H3,(H2,13,15). The van der Waals surface area contributed by atoms with Gasteiger partial charge >= 0.3 is 0 Å². The predicted molar refractivity (Wildman–Crippen MR) is 65.6 cm³/mol. The third kappa shape index (κ3) is 4.26. The smallest absolute Gasteiger partial charge is 0.237 e. The summed E-state index contributed by atoms with van der Waals surface area (Å²) in [5.74, 6) is 0.145. The SMILES string of the molecule is CNC(C)(CC(C)OCC1CCOC1)C(N)=O. The van der Waals surface area contributed by atoms with Crippen molar-refractivity contribution in [3.63, 3.8) is 0 Å². The van der Waals surface area contributed by atoms with Gasteiger partial charge in [-0.15, -0.1) is 0 Å². The molecule has 1 heterocycles. The van der Waals surface area contributed by atoms with Crippen LogP contribution in [0.4, 0.5) is 0 Å². The second-order valence-electron chi connectivity index (χ2n) is 5.02. The molecule has 0 spiro atoms. The number of ether oxygens (including phenoxy) is 2. The highest BCUT2D eigenvalue weighted by molar-refractivity contribution is 5.84. The van der Waals surface area contributed by atoms with Crippen molar-refractivity contribution >= 4 is 5.91 Å². The Morgan fingerprint density at radius 1 is 1.71 bits per heavy atom. The van der Waals surface area contributed by atoms with Crippen LogP contribution in [-0.2, 0) is 14.3 Å². The number of carbonyl (C=O) groups is 1. The summed E-state index contributed by atoms with van der Waals surface area (Å²) in [5, 5.41) is 2.96. The summed E-state index contributed by atoms with van der Waals surface area (Å²) >= 11 is 0. The summed E-state index contributed by atoms with van der Waals surface area (Å²) in [4.78, 5) is 11.3. The first-order valence-electron chi connectivity index (χ1n) is 6.16. The highest BCUT2D eigenvalue weighted by Crippen LogP contribution is 2.17. The molecule has 0 saturated carbocycles. The highest BCUT2D eigenvalue weighted by atomic mass is 16.5. The van der Waals surface area contributed by atoms with Crippen molar-refractivity contribution in [3.05, 3.63) is 0 Å². The lowest BCUT2D eigenvalue weighted by molar-refractivity contribution is -0.125. The highest BCUT2D eigenvalue weighted by Gasteiger charge is 2.31. The first-order chi connectivity index (χ1) is 7.98. The van der Waals surface area contributed by atoms with Gasteiger partial charge in [-0.05, 0) is 27.3 Å². The van der Waals surface area contributed by atoms with E-state index in [1.807, 2.05) is 6.92 Å². The predicted octanol–water partition coefficient (Wildman–Crippen LogP) is 0.282. The molecule has 100 valence electrons. The van der Waals surface area contributed by atoms with E-state index in [0.717, 1.165) is 19.6 Å². The summed E-state index contributed by atoms with van der Waals surface area (Å²) < 4.78 is 11.0. The summed E-state index contributed by atoms with van der Waals surface area (Å²) in [5.41, 5.74) is 4.67. The number of likely N-dealkylation sites (N-methyl/N-ethyl adjacent to an activating group) is 1. The number of rotatable bonds is 7. The van der Waals surface area contributed by atoms with Crippen molar-refractivity contribution in [1.29, 1.82) is 0 Å². The lowest BCUT2D eigenvalue weighted by Gasteiger charge is -2.29. The van der Waals surface area contributed by atoms with Gasteiger partial charge in [-0.2, -0.15) is 0 Å². The van der Waals surface area contributed by atoms with Crippen LogP contribution in [0.25, 0.3) is 0 Å². The molecule has 0 aromatic heterocycles. The fourth-order valence-corrected chi connectivity index (χ4v) is 1.97. The summed E-state index contributed by atoms with van der Waals surface area (Å²) in [6, 6.07) is 0. The molecule has 5 nitrogen and oxygen atoms in total. The second kappa shape index (κ2) is 6.33. The largest absolute Gasteiger partial charge is 0.381 e. The molecule has 0 radical (unpaired) electrons. The van der Waals surface area contributed by atoms with E-state index in [-0.39, 0.29) is 12.0 Å². The summed E-state index contributed by atoms with van der Waals surface area (Å²) in [7, 11) is 1.74. The van der Waals surface area contributed by atoms with Gasteiger partial charge in [-0.25, -0.2) is 0 Å². The zero-order valence-corrected chi connectivity index (χ0v) is 11.0. The minimum atomic E-state index is -0.703. The summed E-state index contributed by atoms with van der Waals surface area (Å²) in [6.07, 6.45) is 1.64. The van der Waals surface area contributed by atoms with E-state index < -0.39 is 5.54 Å². The van der Waals surface area contributed by atoms with Crippen LogP contribution in [0.15, 0.2) is 0 Å². The molecule has 1 rings (SSSR count). The van der Waals surface area contributed by atoms with Crippen LogP contribution in [0.1, 0.15) is 26.7 Å². The van der Waals surface area contributed by atoms with Gasteiger partial charge in [0.05, 0.1) is 24.9 Å². The van der Waals surface area contributed by atoms with Crippen LogP contribution in [0.5, 0.6) is 0 Å². The van der Waals surface area contributed by atoms with Gasteiger partial charge in [0.25, 0.3) is 0 Å². The monoisotopic (exact) mass is 244 g/mol. The molecule has 0 aromatic rings. The minimum absolute atomic E-state index is 0.000509. The molecule has 3 atom stereocenters. The second-order valence-corrected chi connectivity index (χ2v) is 5.02. The molecular formula is C12H24N2O3. The van der Waals surface area contributed by atoms with Crippen LogP contribution in [0.2, 0.25) is 0 Å². The fraction of sp³-hybridized carbons (Fsp3) is 0.917. The molecule has 1 aliphatic heterocycles. The molecule has 1 saturated heterocycles. The van der Waals surface area contributed by atoms with Crippen molar-refractivity contribution in [2.45, 2.75) is 38.3 Å². The number of amides is 1. The zero-order valence-electron chi connectivity index (χ0n) is 11.0. The molecule has 5 heteroatoms. The average Bonchev–Trinajstić information content (AvgIpc) is 2.78. The van der Waals surface area contributed by atoms with Crippen LogP contribution < -0.4 is 11.1 Å². The van der Waals surface area contributed by atoms with Gasteiger partial charge in [0, 0.05) is 18.9 Å². The van der Waals surface area contributed by atoms with E-state index in [9.17, 15) is 4.79 Å². The molecule has 1 aliphatic rings. The van der Waals surface area contributed by atoms with E-state index in [1.165, 1.54) is 0 Å². The van der Waals surface area contributed by atoms with Crippen molar-refractivity contribution in [3.8, 4) is 0 Å². The van der Waals surface area contributed by atoms with Gasteiger partial charge in [0.2, 0.25) is 5.91 Å². The third-order valence-corrected chi connectivity index (χ3v) is 3.43. The first-order valence-corrected chi connectivity index (χ1v) is 6.16. The Kier molecular flexibility index (Phi) is 5.36. The number of nitrogens with two attached hydrogens (primary N) is 1. The third-order valence-electron chi connectivity index (χ3n) is 3.43. The maximum absolute atomic E-state index is 11.3. The number of carbonyl (C=O) groups excluding carboxylic acids is 1. The molecule has 0 aliphatic carbocycles. The Balaban J connectivity index is 2.31. The number of hydrogen-bond donors (Lipinski definition) is 2. The Labute approximate surface area is 103 Å². The van der Waals surface area contributed by atoms with Crippen LogP contribution in [0.3, 0.4) is 0 Å². The topological polar surface area (TPSA) is 73.6 Å². The quantitative estimate of drug-likeness (QED) is 0.674. The molecule has 17 heavy (non-hydrogen) atoms. The van der Waals surface area contributed by atoms with Crippen molar-refractivity contribution in [2.24, 2.45) is 11.7 Å². The molecule has 3 unspecified atom stereocenters. The minimum Gasteiger partial charge on any atom is -0.381 e. The van der Waals surface area contributed by atoms with Crippen molar-refractivity contribution < 1.29 is 14.3 Å². The molecule has 3 N–H and O–H groups in total. The van der Waals surface area contributed by atoms with Gasteiger partial charge < -0.3 is 20.5 Å². The van der Waals surface area contributed by atoms with E-state index in [0.29, 0.717) is 18.9 Å². The van der Waals surface area contributed by atoms with Gasteiger partial charge in [0.15, 0.2) is 0 Å². The zero-order chi connectivity index (χ0) is 12.9. The normalized spacial score (nSPS) is 25.5. The maximum Gasteiger partial charge on any atom is 0.237 e. The molecule has 1 amide bonds. The Morgan fingerprint density at radius 2 is 2.41 bits per heavy atom. The van der Waals surface area contributed by atoms with Crippen molar-refractivity contribution in [2.75, 3.05) is 26.9 Å². The molecular weight excluding hydrogens is 220 g/mol. The van der Waals surface area contributed by atoms with E-state index in [4.69, 9.17) is 15.2 Å². The fourth-order valence-electron chi connectivity index (χ4n) is 1.97. The number of hydrogen-bond acceptors (Lipinski definition) is 4. The Bertz CT molecular complexity index is 254. The van der Waals surface area contributed by atoms with Crippen LogP contribution >= 0.6 is 0 Å². The van der Waals surface area contributed by atoms with Gasteiger partial charge in [-0.1, -0.05) is 0 Å². The number of nitrogens with one attached hydrogen (secondary N) is 1. The lowest BCUT2D eigenvalue weighted by atomic mass is 9.94. The molecule has 0 bridgehead atoms. The van der Waals surface area contributed by atoms with Gasteiger partial charge in [0.1, 0.15) is 0 Å². The first kappa shape index (κ1) is 14.4. The average molecular weight is 244 g/mol. The van der Waals surface area contributed by atoms with Crippen molar-refractivity contribution in [1.82, 2.24) is 5.32 Å². The number of primary amides is 1. The van der Waals surface area contributed by atoms with E-state index in [1.54, 1.807) is 14.0 Å². The Hall–Kier alpha value is -0.650. The van der Waals surface area contributed by atoms with Gasteiger partial charge in [-0.3, -0.25) is 4.79 Å². The van der Waals surface area contributed by atoms with E-state index >= 15 is 0 Å². The Morgan fingerprint density at radius 3 is 2.88 bits per heavy atom.